The van der Waals surface area contributed by atoms with Gasteiger partial charge in [0.05, 0.1) is 6.61 Å². The predicted octanol–water partition coefficient (Wildman–Crippen LogP) is 7.81. The third-order valence-corrected chi connectivity index (χ3v) is 6.17. The van der Waals surface area contributed by atoms with Crippen LogP contribution in [0.2, 0.25) is 0 Å². The minimum Gasteiger partial charge on any atom is -0.490 e. The van der Waals surface area contributed by atoms with Gasteiger partial charge in [-0.05, 0) is 79.7 Å². The molecule has 2 aromatic rings. The summed E-state index contributed by atoms with van der Waals surface area (Å²) in [4.78, 5) is 0. The van der Waals surface area contributed by atoms with Gasteiger partial charge in [-0.3, -0.25) is 0 Å². The summed E-state index contributed by atoms with van der Waals surface area (Å²) in [6.07, 6.45) is 7.37. The molecule has 0 N–H and O–H groups in total. The summed E-state index contributed by atoms with van der Waals surface area (Å²) < 4.78 is 48.5. The molecule has 1 aliphatic rings. The van der Waals surface area contributed by atoms with Gasteiger partial charge in [0.1, 0.15) is 5.82 Å². The van der Waals surface area contributed by atoms with E-state index in [0.29, 0.717) is 17.7 Å². The van der Waals surface area contributed by atoms with E-state index in [-0.39, 0.29) is 23.4 Å². The maximum Gasteiger partial charge on any atom is 0.200 e. The highest BCUT2D eigenvalue weighted by Gasteiger charge is 2.27. The van der Waals surface area contributed by atoms with Gasteiger partial charge in [0, 0.05) is 0 Å². The van der Waals surface area contributed by atoms with Gasteiger partial charge in [-0.25, -0.2) is 8.78 Å². The highest BCUT2D eigenvalue weighted by molar-refractivity contribution is 5.34. The Hall–Kier alpha value is -1.97. The molecule has 0 aliphatic heterocycles. The Morgan fingerprint density at radius 3 is 2.28 bits per heavy atom. The van der Waals surface area contributed by atoms with Crippen LogP contribution in [0, 0.1) is 24.4 Å². The highest BCUT2D eigenvalue weighted by Crippen LogP contribution is 2.42. The van der Waals surface area contributed by atoms with Crippen molar-refractivity contribution >= 4 is 0 Å². The lowest BCUT2D eigenvalue weighted by molar-refractivity contribution is 0.283. The predicted molar refractivity (Wildman–Crippen MR) is 111 cm³/mol. The third kappa shape index (κ3) is 5.34. The molecule has 1 aliphatic carbocycles. The second-order valence-corrected chi connectivity index (χ2v) is 8.25. The molecule has 0 unspecified atom stereocenters. The minimum atomic E-state index is -0.874. The van der Waals surface area contributed by atoms with Crippen LogP contribution in [0.4, 0.5) is 13.2 Å². The zero-order valence-electron chi connectivity index (χ0n) is 17.4. The van der Waals surface area contributed by atoms with Gasteiger partial charge in [-0.2, -0.15) is 4.39 Å². The monoisotopic (exact) mass is 404 g/mol. The van der Waals surface area contributed by atoms with Crippen LogP contribution in [-0.4, -0.2) is 6.61 Å². The van der Waals surface area contributed by atoms with Crippen molar-refractivity contribution in [3.05, 3.63) is 64.5 Å². The second-order valence-electron chi connectivity index (χ2n) is 8.25. The number of aryl methyl sites for hydroxylation is 1. The maximum absolute atomic E-state index is 14.7. The number of halogens is 3. The summed E-state index contributed by atoms with van der Waals surface area (Å²) in [6, 6.07) is 8.65. The fourth-order valence-corrected chi connectivity index (χ4v) is 4.29. The van der Waals surface area contributed by atoms with Gasteiger partial charge in [-0.15, -0.1) is 0 Å². The van der Waals surface area contributed by atoms with Crippen molar-refractivity contribution in [3.63, 3.8) is 0 Å². The maximum atomic E-state index is 14.7. The molecule has 0 bridgehead atoms. The molecule has 158 valence electrons. The second kappa shape index (κ2) is 10.2. The molecule has 0 saturated heterocycles. The first-order valence-corrected chi connectivity index (χ1v) is 10.9. The van der Waals surface area contributed by atoms with E-state index in [0.717, 1.165) is 56.9 Å². The number of benzene rings is 2. The first-order chi connectivity index (χ1) is 14.0. The summed E-state index contributed by atoms with van der Waals surface area (Å²) in [5.41, 5.74) is 2.09. The van der Waals surface area contributed by atoms with Crippen LogP contribution in [0.3, 0.4) is 0 Å². The number of rotatable bonds is 8. The number of hydrogen-bond donors (Lipinski definition) is 0. The molecule has 1 fully saturated rings. The molecular formula is C25H31F3O. The van der Waals surface area contributed by atoms with Crippen LogP contribution in [-0.2, 0) is 0 Å². The Bertz CT molecular complexity index is 810. The average molecular weight is 405 g/mol. The van der Waals surface area contributed by atoms with Gasteiger partial charge >= 0.3 is 0 Å². The first-order valence-electron chi connectivity index (χ1n) is 10.9. The van der Waals surface area contributed by atoms with Gasteiger partial charge in [-0.1, -0.05) is 44.4 Å². The molecule has 1 nitrogen and oxygen atoms in total. The molecule has 0 amide bonds. The molecule has 0 radical (unpaired) electrons. The van der Waals surface area contributed by atoms with Crippen LogP contribution in [0.1, 0.15) is 86.8 Å². The summed E-state index contributed by atoms with van der Waals surface area (Å²) in [5, 5.41) is 0. The van der Waals surface area contributed by atoms with Crippen molar-refractivity contribution in [2.45, 2.75) is 77.0 Å². The lowest BCUT2D eigenvalue weighted by atomic mass is 9.76. The molecule has 3 rings (SSSR count). The van der Waals surface area contributed by atoms with E-state index in [1.54, 1.807) is 25.1 Å². The Morgan fingerprint density at radius 1 is 0.862 bits per heavy atom. The molecule has 0 atom stereocenters. The van der Waals surface area contributed by atoms with Gasteiger partial charge in [0.15, 0.2) is 11.6 Å². The molecule has 29 heavy (non-hydrogen) atoms. The summed E-state index contributed by atoms with van der Waals surface area (Å²) >= 11 is 0. The van der Waals surface area contributed by atoms with Crippen LogP contribution < -0.4 is 4.74 Å². The largest absolute Gasteiger partial charge is 0.490 e. The van der Waals surface area contributed by atoms with E-state index >= 15 is 0 Å². The molecule has 0 aromatic heterocycles. The smallest absolute Gasteiger partial charge is 0.200 e. The molecule has 4 heteroatoms. The lowest BCUT2D eigenvalue weighted by Crippen LogP contribution is -2.14. The molecule has 0 spiro atoms. The van der Waals surface area contributed by atoms with Crippen molar-refractivity contribution in [2.75, 3.05) is 6.61 Å². The Labute approximate surface area is 172 Å². The standard InChI is InChI=1S/C25H31F3O/c1-3-4-5-6-15-29-23-14-13-21(24(27)25(23)28)19-11-9-18(10-12-19)20-8-7-17(2)22(26)16-20/h7-8,13-14,16,18-19H,3-6,9-12,15H2,1-2H3. The van der Waals surface area contributed by atoms with Gasteiger partial charge in [0.25, 0.3) is 0 Å². The SMILES string of the molecule is CCCCCCOc1ccc(C2CCC(c3ccc(C)c(F)c3)CC2)c(F)c1F. The number of hydrogen-bond acceptors (Lipinski definition) is 1. The highest BCUT2D eigenvalue weighted by atomic mass is 19.2. The third-order valence-electron chi connectivity index (χ3n) is 6.17. The van der Waals surface area contributed by atoms with Crippen LogP contribution >= 0.6 is 0 Å². The number of ether oxygens (including phenoxy) is 1. The average Bonchev–Trinajstić information content (AvgIpc) is 2.73. The van der Waals surface area contributed by atoms with Crippen molar-refractivity contribution in [1.29, 1.82) is 0 Å². The van der Waals surface area contributed by atoms with Crippen LogP contribution in [0.25, 0.3) is 0 Å². The van der Waals surface area contributed by atoms with Crippen molar-refractivity contribution in [2.24, 2.45) is 0 Å². The fraction of sp³-hybridized carbons (Fsp3) is 0.520. The van der Waals surface area contributed by atoms with Crippen LogP contribution in [0.15, 0.2) is 30.3 Å². The quantitative estimate of drug-likeness (QED) is 0.408. The molecule has 0 heterocycles. The molecule has 1 saturated carbocycles. The van der Waals surface area contributed by atoms with Crippen molar-refractivity contribution < 1.29 is 17.9 Å². The minimum absolute atomic E-state index is 0.00495. The van der Waals surface area contributed by atoms with Gasteiger partial charge in [0.2, 0.25) is 5.82 Å². The van der Waals surface area contributed by atoms with Crippen LogP contribution in [0.5, 0.6) is 5.75 Å². The van der Waals surface area contributed by atoms with E-state index in [1.165, 1.54) is 0 Å². The fourth-order valence-electron chi connectivity index (χ4n) is 4.29. The zero-order valence-corrected chi connectivity index (χ0v) is 17.4. The van der Waals surface area contributed by atoms with E-state index in [2.05, 4.69) is 6.92 Å². The normalized spacial score (nSPS) is 19.3. The van der Waals surface area contributed by atoms with E-state index in [1.807, 2.05) is 12.1 Å². The summed E-state index contributed by atoms with van der Waals surface area (Å²) in [5.74, 6) is -1.55. The van der Waals surface area contributed by atoms with E-state index < -0.39 is 11.6 Å². The lowest BCUT2D eigenvalue weighted by Gasteiger charge is -2.29. The molecule has 2 aromatic carbocycles. The Kier molecular flexibility index (Phi) is 7.63. The van der Waals surface area contributed by atoms with Gasteiger partial charge < -0.3 is 4.74 Å². The summed E-state index contributed by atoms with van der Waals surface area (Å²) in [6.45, 7) is 4.29. The van der Waals surface area contributed by atoms with E-state index in [9.17, 15) is 13.2 Å². The zero-order chi connectivity index (χ0) is 20.8. The Balaban J connectivity index is 1.60. The molecular weight excluding hydrogens is 373 g/mol. The topological polar surface area (TPSA) is 9.23 Å². The van der Waals surface area contributed by atoms with Crippen molar-refractivity contribution in [3.8, 4) is 5.75 Å². The van der Waals surface area contributed by atoms with E-state index in [4.69, 9.17) is 4.74 Å². The number of unbranched alkanes of at least 4 members (excludes halogenated alkanes) is 3. The first kappa shape index (κ1) is 21.7. The van der Waals surface area contributed by atoms with Crippen molar-refractivity contribution in [1.82, 2.24) is 0 Å². The Morgan fingerprint density at radius 2 is 1.59 bits per heavy atom. The summed E-state index contributed by atoms with van der Waals surface area (Å²) in [7, 11) is 0.